The lowest BCUT2D eigenvalue weighted by molar-refractivity contribution is -0.117. The molecule has 1 aromatic carbocycles. The molecule has 0 saturated heterocycles. The van der Waals surface area contributed by atoms with Gasteiger partial charge in [-0.3, -0.25) is 4.79 Å². The van der Waals surface area contributed by atoms with E-state index in [0.29, 0.717) is 0 Å². The maximum atomic E-state index is 13.4. The van der Waals surface area contributed by atoms with Crippen LogP contribution in [0.2, 0.25) is 0 Å². The molecule has 1 aromatic rings. The van der Waals surface area contributed by atoms with E-state index in [1.54, 1.807) is 6.07 Å². The molecule has 88 valence electrons. The van der Waals surface area contributed by atoms with Crippen LogP contribution >= 0.6 is 0 Å². The van der Waals surface area contributed by atoms with Gasteiger partial charge in [0.15, 0.2) is 11.6 Å². The van der Waals surface area contributed by atoms with E-state index in [9.17, 15) is 13.6 Å². The summed E-state index contributed by atoms with van der Waals surface area (Å²) in [4.78, 5) is 12.8. The number of amides is 1. The summed E-state index contributed by atoms with van der Waals surface area (Å²) in [5.41, 5.74) is 0.162. The van der Waals surface area contributed by atoms with Crippen molar-refractivity contribution in [3.8, 4) is 11.8 Å². The van der Waals surface area contributed by atoms with Gasteiger partial charge in [-0.05, 0) is 12.1 Å². The molecule has 0 unspecified atom stereocenters. The van der Waals surface area contributed by atoms with Gasteiger partial charge in [-0.15, -0.1) is 0 Å². The second-order valence-electron chi connectivity index (χ2n) is 3.44. The van der Waals surface area contributed by atoms with Gasteiger partial charge in [-0.2, -0.15) is 9.65 Å². The van der Waals surface area contributed by atoms with E-state index in [1.165, 1.54) is 11.0 Å². The molecule has 17 heavy (non-hydrogen) atoms. The highest BCUT2D eigenvalue weighted by Gasteiger charge is 2.27. The topological polar surface area (TPSA) is 53.3 Å². The van der Waals surface area contributed by atoms with Crippen molar-refractivity contribution >= 4 is 11.6 Å². The molecule has 1 amide bonds. The van der Waals surface area contributed by atoms with E-state index in [1.807, 2.05) is 0 Å². The van der Waals surface area contributed by atoms with Gasteiger partial charge in [0.2, 0.25) is 11.7 Å². The molecule has 0 radical (unpaired) electrons. The molecule has 0 fully saturated rings. The quantitative estimate of drug-likeness (QED) is 0.746. The Hall–Kier alpha value is -2.16. The molecule has 1 heterocycles. The molecule has 4 nitrogen and oxygen atoms in total. The first kappa shape index (κ1) is 11.3. The van der Waals surface area contributed by atoms with E-state index in [2.05, 4.69) is 0 Å². The number of hydrogen-bond donors (Lipinski definition) is 0. The number of carbonyl (C=O) groups is 1. The van der Waals surface area contributed by atoms with Crippen LogP contribution in [0, 0.1) is 23.0 Å². The molecule has 0 saturated carbocycles. The minimum Gasteiger partial charge on any atom is -0.486 e. The largest absolute Gasteiger partial charge is 0.486 e. The van der Waals surface area contributed by atoms with Crippen molar-refractivity contribution in [2.75, 3.05) is 18.1 Å². The number of halogens is 2. The highest BCUT2D eigenvalue weighted by atomic mass is 19.2. The number of anilines is 1. The predicted octanol–water partition coefficient (Wildman–Crippen LogP) is 1.60. The molecule has 0 aromatic heterocycles. The third kappa shape index (κ3) is 1.91. The molecule has 0 spiro atoms. The summed E-state index contributed by atoms with van der Waals surface area (Å²) in [6, 6.07) is 3.91. The first-order valence-corrected chi connectivity index (χ1v) is 4.93. The third-order valence-corrected chi connectivity index (χ3v) is 2.41. The fourth-order valence-corrected chi connectivity index (χ4v) is 1.65. The summed E-state index contributed by atoms with van der Waals surface area (Å²) in [6.07, 6.45) is -0.307. The molecule has 0 aliphatic carbocycles. The Morgan fingerprint density at radius 3 is 3.00 bits per heavy atom. The second kappa shape index (κ2) is 4.37. The highest BCUT2D eigenvalue weighted by molar-refractivity contribution is 5.96. The minimum atomic E-state index is -1.11. The summed E-state index contributed by atoms with van der Waals surface area (Å²) in [5.74, 6) is -2.87. The maximum Gasteiger partial charge on any atom is 0.241 e. The smallest absolute Gasteiger partial charge is 0.241 e. The number of hydrogen-bond acceptors (Lipinski definition) is 3. The Bertz CT molecular complexity index is 511. The summed E-state index contributed by atoms with van der Waals surface area (Å²) >= 11 is 0. The Kier molecular flexibility index (Phi) is 2.91. The lowest BCUT2D eigenvalue weighted by atomic mass is 10.2. The van der Waals surface area contributed by atoms with Crippen LogP contribution in [0.4, 0.5) is 14.5 Å². The van der Waals surface area contributed by atoms with Crippen molar-refractivity contribution in [1.82, 2.24) is 0 Å². The lowest BCUT2D eigenvalue weighted by Gasteiger charge is -2.29. The van der Waals surface area contributed by atoms with Crippen LogP contribution in [0.3, 0.4) is 0 Å². The fraction of sp³-hybridized carbons (Fsp3) is 0.273. The van der Waals surface area contributed by atoms with Gasteiger partial charge in [0, 0.05) is 0 Å². The van der Waals surface area contributed by atoms with Crippen molar-refractivity contribution in [3.05, 3.63) is 23.8 Å². The molecule has 1 aliphatic heterocycles. The lowest BCUT2D eigenvalue weighted by Crippen LogP contribution is -2.38. The zero-order valence-electron chi connectivity index (χ0n) is 8.74. The number of benzene rings is 1. The number of nitriles is 1. The SMILES string of the molecule is N#CCC(=O)N1CCOc2c1ccc(F)c2F. The van der Waals surface area contributed by atoms with E-state index < -0.39 is 17.5 Å². The Morgan fingerprint density at radius 1 is 1.53 bits per heavy atom. The number of nitrogens with zero attached hydrogens (tertiary/aromatic N) is 2. The van der Waals surface area contributed by atoms with E-state index in [0.717, 1.165) is 6.07 Å². The average Bonchev–Trinajstić information content (AvgIpc) is 2.33. The van der Waals surface area contributed by atoms with Crippen LogP contribution in [0.15, 0.2) is 12.1 Å². The minimum absolute atomic E-state index is 0.0740. The normalized spacial score (nSPS) is 13.6. The zero-order valence-corrected chi connectivity index (χ0v) is 8.74. The Morgan fingerprint density at radius 2 is 2.29 bits per heavy atom. The van der Waals surface area contributed by atoms with E-state index >= 15 is 0 Å². The van der Waals surface area contributed by atoms with Gasteiger partial charge < -0.3 is 9.64 Å². The van der Waals surface area contributed by atoms with Crippen LogP contribution in [-0.2, 0) is 4.79 Å². The van der Waals surface area contributed by atoms with Gasteiger partial charge in [0.25, 0.3) is 0 Å². The van der Waals surface area contributed by atoms with E-state index in [4.69, 9.17) is 10.00 Å². The summed E-state index contributed by atoms with van der Waals surface area (Å²) in [5, 5.41) is 8.45. The molecular weight excluding hydrogens is 230 g/mol. The zero-order chi connectivity index (χ0) is 12.4. The molecule has 0 atom stereocenters. The van der Waals surface area contributed by atoms with Crippen molar-refractivity contribution < 1.29 is 18.3 Å². The van der Waals surface area contributed by atoms with Crippen LogP contribution in [0.1, 0.15) is 6.42 Å². The van der Waals surface area contributed by atoms with E-state index in [-0.39, 0.29) is 31.0 Å². The first-order valence-electron chi connectivity index (χ1n) is 4.93. The molecule has 1 aliphatic rings. The number of carbonyl (C=O) groups excluding carboxylic acids is 1. The molecule has 2 rings (SSSR count). The van der Waals surface area contributed by atoms with Crippen LogP contribution in [0.5, 0.6) is 5.75 Å². The third-order valence-electron chi connectivity index (χ3n) is 2.41. The summed E-state index contributed by atoms with van der Waals surface area (Å²) < 4.78 is 31.4. The first-order chi connectivity index (χ1) is 8.15. The molecule has 0 N–H and O–H groups in total. The standard InChI is InChI=1S/C11H8F2N2O2/c12-7-1-2-8-11(10(7)13)17-6-5-15(8)9(16)3-4-14/h1-2H,3,5-6H2. The monoisotopic (exact) mass is 238 g/mol. The number of ether oxygens (including phenoxy) is 1. The van der Waals surface area contributed by atoms with Crippen molar-refractivity contribution in [1.29, 1.82) is 5.26 Å². The summed E-state index contributed by atoms with van der Waals surface area (Å²) in [7, 11) is 0. The molecule has 6 heteroatoms. The van der Waals surface area contributed by atoms with Crippen molar-refractivity contribution in [2.24, 2.45) is 0 Å². The van der Waals surface area contributed by atoms with Gasteiger partial charge in [0.1, 0.15) is 13.0 Å². The van der Waals surface area contributed by atoms with Gasteiger partial charge in [-0.25, -0.2) is 4.39 Å². The number of rotatable bonds is 1. The van der Waals surface area contributed by atoms with Gasteiger partial charge in [0.05, 0.1) is 18.3 Å². The average molecular weight is 238 g/mol. The second-order valence-corrected chi connectivity index (χ2v) is 3.44. The summed E-state index contributed by atoms with van der Waals surface area (Å²) in [6.45, 7) is 0.295. The molecular formula is C11H8F2N2O2. The van der Waals surface area contributed by atoms with Gasteiger partial charge >= 0.3 is 0 Å². The Balaban J connectivity index is 2.42. The van der Waals surface area contributed by atoms with Crippen molar-refractivity contribution in [2.45, 2.75) is 6.42 Å². The van der Waals surface area contributed by atoms with Crippen molar-refractivity contribution in [3.63, 3.8) is 0 Å². The predicted molar refractivity (Wildman–Crippen MR) is 54.4 cm³/mol. The van der Waals surface area contributed by atoms with Crippen LogP contribution < -0.4 is 9.64 Å². The maximum absolute atomic E-state index is 13.4. The van der Waals surface area contributed by atoms with Crippen LogP contribution in [0.25, 0.3) is 0 Å². The molecule has 0 bridgehead atoms. The van der Waals surface area contributed by atoms with Gasteiger partial charge in [-0.1, -0.05) is 0 Å². The number of fused-ring (bicyclic) bond motifs is 1. The highest BCUT2D eigenvalue weighted by Crippen LogP contribution is 2.35. The van der Waals surface area contributed by atoms with Crippen LogP contribution in [-0.4, -0.2) is 19.1 Å². The fourth-order valence-electron chi connectivity index (χ4n) is 1.65. The Labute approximate surface area is 96.0 Å².